The van der Waals surface area contributed by atoms with Crippen LogP contribution >= 0.6 is 0 Å². The summed E-state index contributed by atoms with van der Waals surface area (Å²) in [4.78, 5) is 23.3. The second kappa shape index (κ2) is 11.3. The van der Waals surface area contributed by atoms with Gasteiger partial charge in [-0.3, -0.25) is 0 Å². The molecule has 0 amide bonds. The minimum atomic E-state index is -1.82. The number of aliphatic carboxylic acids is 2. The first kappa shape index (κ1) is 24.3. The Bertz CT molecular complexity index is 530. The van der Waals surface area contributed by atoms with Gasteiger partial charge in [0.2, 0.25) is 0 Å². The Morgan fingerprint density at radius 3 is 2.46 bits per heavy atom. The molecule has 0 aromatic carbocycles. The number of aliphatic hydroxyl groups excluding tert-OH is 1. The molecule has 6 N–H and O–H groups in total. The lowest BCUT2D eigenvalue weighted by Crippen LogP contribution is -2.50. The third kappa shape index (κ3) is 6.42. The summed E-state index contributed by atoms with van der Waals surface area (Å²) >= 11 is 0. The van der Waals surface area contributed by atoms with Crippen molar-refractivity contribution in [2.45, 2.75) is 63.9 Å². The summed E-state index contributed by atoms with van der Waals surface area (Å²) in [5.41, 5.74) is 4.73. The molecular weight excluding hydrogens is 368 g/mol. The van der Waals surface area contributed by atoms with Crippen molar-refractivity contribution in [2.24, 2.45) is 28.1 Å². The van der Waals surface area contributed by atoms with E-state index in [1.807, 2.05) is 6.21 Å². The van der Waals surface area contributed by atoms with Crippen LogP contribution in [0.1, 0.15) is 58.3 Å². The first-order valence-corrected chi connectivity index (χ1v) is 9.85. The fourth-order valence-electron chi connectivity index (χ4n) is 4.43. The van der Waals surface area contributed by atoms with Crippen molar-refractivity contribution >= 4 is 18.2 Å². The van der Waals surface area contributed by atoms with E-state index in [4.69, 9.17) is 35.5 Å². The zero-order chi connectivity index (χ0) is 21.2. The molecule has 2 saturated carbocycles. The lowest BCUT2D eigenvalue weighted by Gasteiger charge is -2.48. The number of nitrogens with zero attached hydrogens (tertiary/aromatic N) is 1. The van der Waals surface area contributed by atoms with Crippen molar-refractivity contribution in [1.29, 1.82) is 0 Å². The van der Waals surface area contributed by atoms with E-state index in [1.165, 1.54) is 0 Å². The number of hydrogen-bond donors (Lipinski definition) is 5. The van der Waals surface area contributed by atoms with E-state index in [0.29, 0.717) is 19.1 Å². The van der Waals surface area contributed by atoms with Crippen LogP contribution in [-0.2, 0) is 14.4 Å². The quantitative estimate of drug-likeness (QED) is 0.175. The van der Waals surface area contributed by atoms with Gasteiger partial charge in [0.25, 0.3) is 0 Å². The molecule has 2 aliphatic rings. The molecule has 0 radical (unpaired) electrons. The number of carboxylic acid groups (broad SMARTS) is 2. The lowest BCUT2D eigenvalue weighted by atomic mass is 9.60. The number of aliphatic hydroxyl groups is 2. The highest BCUT2D eigenvalue weighted by Crippen LogP contribution is 2.59. The number of unbranched alkanes of at least 4 members (excludes halogenated alkanes) is 1. The standard InChI is InChI=1S/C17H32N2O3.C2H2O4/c1-16-7-5-14(4-2-3-10-20)12-17(16,21)8-6-15(16)13-19-22-11-9-18;3-1(4)2(5)6/h13-15,20-21H,2-12,18H2,1H3;(H,3,4)(H,5,6)/t14-,15+,16+,17-;/m0./s1. The van der Waals surface area contributed by atoms with Gasteiger partial charge in [-0.2, -0.15) is 0 Å². The Kier molecular flexibility index (Phi) is 9.84. The van der Waals surface area contributed by atoms with E-state index < -0.39 is 17.5 Å². The monoisotopic (exact) mass is 402 g/mol. The maximum absolute atomic E-state index is 11.2. The van der Waals surface area contributed by atoms with Crippen LogP contribution in [-0.4, -0.2) is 63.9 Å². The third-order valence-electron chi connectivity index (χ3n) is 6.18. The van der Waals surface area contributed by atoms with Crippen molar-refractivity contribution in [3.05, 3.63) is 0 Å². The van der Waals surface area contributed by atoms with E-state index >= 15 is 0 Å². The fourth-order valence-corrected chi connectivity index (χ4v) is 4.43. The van der Waals surface area contributed by atoms with Gasteiger partial charge < -0.3 is 31.0 Å². The van der Waals surface area contributed by atoms with Crippen LogP contribution in [0.15, 0.2) is 5.16 Å². The number of oxime groups is 1. The molecule has 0 spiro atoms. The topological polar surface area (TPSA) is 163 Å². The summed E-state index contributed by atoms with van der Waals surface area (Å²) in [6, 6.07) is 0. The Morgan fingerprint density at radius 1 is 1.21 bits per heavy atom. The smallest absolute Gasteiger partial charge is 0.414 e. The number of fused-ring (bicyclic) bond motifs is 1. The number of carboxylic acids is 2. The molecule has 9 nitrogen and oxygen atoms in total. The molecular formula is C19H34N2O7. The molecule has 0 unspecified atom stereocenters. The van der Waals surface area contributed by atoms with Gasteiger partial charge in [0, 0.05) is 30.7 Å². The minimum Gasteiger partial charge on any atom is -0.473 e. The number of nitrogens with two attached hydrogens (primary N) is 1. The van der Waals surface area contributed by atoms with Gasteiger partial charge in [0.1, 0.15) is 6.61 Å². The van der Waals surface area contributed by atoms with Crippen molar-refractivity contribution in [1.82, 2.24) is 0 Å². The van der Waals surface area contributed by atoms with Crippen LogP contribution in [0, 0.1) is 17.3 Å². The van der Waals surface area contributed by atoms with Crippen molar-refractivity contribution in [3.63, 3.8) is 0 Å². The Labute approximate surface area is 165 Å². The Hall–Kier alpha value is -1.71. The van der Waals surface area contributed by atoms with Crippen molar-refractivity contribution in [2.75, 3.05) is 19.8 Å². The SMILES string of the molecule is C[C@]12CC[C@H](CCCCO)C[C@@]1(O)CC[C@@H]2C=NOCCN.O=C(O)C(=O)O. The van der Waals surface area contributed by atoms with Crippen LogP contribution < -0.4 is 5.73 Å². The van der Waals surface area contributed by atoms with E-state index in [-0.39, 0.29) is 17.9 Å². The van der Waals surface area contributed by atoms with Crippen molar-refractivity contribution < 1.29 is 34.9 Å². The molecule has 0 heterocycles. The summed E-state index contributed by atoms with van der Waals surface area (Å²) in [6.45, 7) is 3.40. The van der Waals surface area contributed by atoms with Gasteiger partial charge in [-0.05, 0) is 44.4 Å². The lowest BCUT2D eigenvalue weighted by molar-refractivity contribution is -0.159. The molecule has 9 heteroatoms. The van der Waals surface area contributed by atoms with Crippen LogP contribution in [0.3, 0.4) is 0 Å². The highest BCUT2D eigenvalue weighted by molar-refractivity contribution is 6.27. The van der Waals surface area contributed by atoms with Gasteiger partial charge in [0.15, 0.2) is 0 Å². The average molecular weight is 402 g/mol. The van der Waals surface area contributed by atoms with E-state index in [9.17, 15) is 5.11 Å². The van der Waals surface area contributed by atoms with E-state index in [0.717, 1.165) is 51.4 Å². The highest BCUT2D eigenvalue weighted by atomic mass is 16.6. The summed E-state index contributed by atoms with van der Waals surface area (Å²) in [7, 11) is 0. The summed E-state index contributed by atoms with van der Waals surface area (Å²) < 4.78 is 0. The molecule has 162 valence electrons. The first-order chi connectivity index (χ1) is 13.2. The second-order valence-electron chi connectivity index (χ2n) is 7.91. The third-order valence-corrected chi connectivity index (χ3v) is 6.18. The molecule has 0 aliphatic heterocycles. The number of hydrogen-bond acceptors (Lipinski definition) is 7. The van der Waals surface area contributed by atoms with E-state index in [2.05, 4.69) is 12.1 Å². The fraction of sp³-hybridized carbons (Fsp3) is 0.842. The number of carbonyl (C=O) groups is 2. The number of rotatable bonds is 8. The Balaban J connectivity index is 0.000000568. The summed E-state index contributed by atoms with van der Waals surface area (Å²) in [6.07, 6.45) is 9.88. The second-order valence-corrected chi connectivity index (χ2v) is 7.91. The van der Waals surface area contributed by atoms with Gasteiger partial charge in [-0.15, -0.1) is 0 Å². The maximum atomic E-state index is 11.2. The van der Waals surface area contributed by atoms with Gasteiger partial charge >= 0.3 is 11.9 Å². The molecule has 0 aromatic heterocycles. The van der Waals surface area contributed by atoms with Crippen LogP contribution in [0.5, 0.6) is 0 Å². The van der Waals surface area contributed by atoms with Crippen molar-refractivity contribution in [3.8, 4) is 0 Å². The van der Waals surface area contributed by atoms with Gasteiger partial charge in [-0.1, -0.05) is 24.9 Å². The normalized spacial score (nSPS) is 31.7. The average Bonchev–Trinajstić information content (AvgIpc) is 2.90. The molecule has 2 rings (SSSR count). The Morgan fingerprint density at radius 2 is 1.89 bits per heavy atom. The highest BCUT2D eigenvalue weighted by Gasteiger charge is 2.58. The predicted octanol–water partition coefficient (Wildman–Crippen LogP) is 1.21. The van der Waals surface area contributed by atoms with E-state index in [1.54, 1.807) is 0 Å². The zero-order valence-electron chi connectivity index (χ0n) is 16.5. The van der Waals surface area contributed by atoms with Crippen LogP contribution in [0.25, 0.3) is 0 Å². The first-order valence-electron chi connectivity index (χ1n) is 9.85. The summed E-state index contributed by atoms with van der Waals surface area (Å²) in [5, 5.41) is 38.9. The minimum absolute atomic E-state index is 0.0872. The molecule has 0 aromatic rings. The molecule has 0 bridgehead atoms. The van der Waals surface area contributed by atoms with Crippen LogP contribution in [0.4, 0.5) is 0 Å². The molecule has 28 heavy (non-hydrogen) atoms. The zero-order valence-corrected chi connectivity index (χ0v) is 16.5. The summed E-state index contributed by atoms with van der Waals surface area (Å²) in [5.74, 6) is -2.77. The molecule has 2 fully saturated rings. The van der Waals surface area contributed by atoms with Gasteiger partial charge in [-0.25, -0.2) is 9.59 Å². The molecule has 0 saturated heterocycles. The molecule has 2 aliphatic carbocycles. The van der Waals surface area contributed by atoms with Crippen LogP contribution in [0.2, 0.25) is 0 Å². The molecule has 4 atom stereocenters. The predicted molar refractivity (Wildman–Crippen MR) is 103 cm³/mol. The van der Waals surface area contributed by atoms with Gasteiger partial charge in [0.05, 0.1) is 5.60 Å². The largest absolute Gasteiger partial charge is 0.473 e. The maximum Gasteiger partial charge on any atom is 0.414 e.